The molecule has 4 heteroatoms. The van der Waals surface area contributed by atoms with Gasteiger partial charge in [-0.2, -0.15) is 0 Å². The average Bonchev–Trinajstić information content (AvgIpc) is 3.31. The van der Waals surface area contributed by atoms with Crippen LogP contribution in [-0.2, 0) is 0 Å². The summed E-state index contributed by atoms with van der Waals surface area (Å²) < 4.78 is 0. The lowest BCUT2D eigenvalue weighted by Gasteiger charge is -2.29. The fraction of sp³-hybridized carbons (Fsp3) is 0.438. The molecule has 1 saturated heterocycles. The summed E-state index contributed by atoms with van der Waals surface area (Å²) in [5, 5.41) is 4.50. The van der Waals surface area contributed by atoms with Crippen LogP contribution in [0.1, 0.15) is 24.3 Å². The summed E-state index contributed by atoms with van der Waals surface area (Å²) in [4.78, 5) is 17.5. The number of anilines is 1. The maximum absolute atomic E-state index is 12.1. The molecule has 20 heavy (non-hydrogen) atoms. The first-order valence-electron chi connectivity index (χ1n) is 7.44. The van der Waals surface area contributed by atoms with Gasteiger partial charge in [0, 0.05) is 37.4 Å². The van der Waals surface area contributed by atoms with Gasteiger partial charge in [-0.05, 0) is 42.3 Å². The Kier molecular flexibility index (Phi) is 2.77. The van der Waals surface area contributed by atoms with Gasteiger partial charge in [-0.15, -0.1) is 0 Å². The number of hydrogen-bond donors (Lipinski definition) is 2. The van der Waals surface area contributed by atoms with Crippen molar-refractivity contribution in [2.75, 3.05) is 31.1 Å². The van der Waals surface area contributed by atoms with Crippen LogP contribution in [0, 0.1) is 0 Å². The first kappa shape index (κ1) is 12.0. The zero-order valence-electron chi connectivity index (χ0n) is 11.5. The van der Waals surface area contributed by atoms with E-state index in [-0.39, 0.29) is 5.56 Å². The van der Waals surface area contributed by atoms with Crippen molar-refractivity contribution in [1.82, 2.24) is 10.3 Å². The molecule has 0 bridgehead atoms. The largest absolute Gasteiger partial charge is 0.369 e. The minimum absolute atomic E-state index is 0.0949. The zero-order chi connectivity index (χ0) is 13.5. The predicted octanol–water partition coefficient (Wildman–Crippen LogP) is 1.82. The molecule has 0 amide bonds. The van der Waals surface area contributed by atoms with Crippen molar-refractivity contribution in [3.8, 4) is 0 Å². The van der Waals surface area contributed by atoms with E-state index in [2.05, 4.69) is 39.5 Å². The van der Waals surface area contributed by atoms with Gasteiger partial charge in [0.15, 0.2) is 0 Å². The molecule has 1 aliphatic heterocycles. The van der Waals surface area contributed by atoms with Crippen LogP contribution in [0.2, 0.25) is 0 Å². The topological polar surface area (TPSA) is 48.1 Å². The molecule has 2 aromatic rings. The van der Waals surface area contributed by atoms with Crippen LogP contribution in [0.5, 0.6) is 0 Å². The number of aromatic amines is 1. The fourth-order valence-corrected chi connectivity index (χ4v) is 3.02. The number of pyridine rings is 1. The number of nitrogens with zero attached hydrogens (tertiary/aromatic N) is 1. The molecule has 104 valence electrons. The van der Waals surface area contributed by atoms with Gasteiger partial charge in [-0.1, -0.05) is 6.07 Å². The highest BCUT2D eigenvalue weighted by Gasteiger charge is 2.26. The van der Waals surface area contributed by atoms with Gasteiger partial charge >= 0.3 is 0 Å². The molecule has 2 fully saturated rings. The lowest BCUT2D eigenvalue weighted by Crippen LogP contribution is -2.43. The number of aromatic nitrogens is 1. The average molecular weight is 269 g/mol. The molecule has 4 nitrogen and oxygen atoms in total. The summed E-state index contributed by atoms with van der Waals surface area (Å²) in [6.45, 7) is 4.09. The monoisotopic (exact) mass is 269 g/mol. The minimum Gasteiger partial charge on any atom is -0.369 e. The van der Waals surface area contributed by atoms with Gasteiger partial charge in [-0.3, -0.25) is 4.79 Å². The summed E-state index contributed by atoms with van der Waals surface area (Å²) in [5.41, 5.74) is 3.22. The van der Waals surface area contributed by atoms with Crippen LogP contribution >= 0.6 is 0 Å². The van der Waals surface area contributed by atoms with Crippen molar-refractivity contribution in [3.05, 3.63) is 40.2 Å². The van der Waals surface area contributed by atoms with E-state index in [1.54, 1.807) is 0 Å². The number of rotatable bonds is 2. The minimum atomic E-state index is 0.0949. The van der Waals surface area contributed by atoms with Crippen LogP contribution < -0.4 is 15.8 Å². The van der Waals surface area contributed by atoms with Crippen LogP contribution in [0.15, 0.2) is 29.1 Å². The Morgan fingerprint density at radius 2 is 1.90 bits per heavy atom. The van der Waals surface area contributed by atoms with Crippen molar-refractivity contribution >= 4 is 16.6 Å². The van der Waals surface area contributed by atoms with Gasteiger partial charge in [-0.25, -0.2) is 0 Å². The predicted molar refractivity (Wildman–Crippen MR) is 81.6 cm³/mol. The Hall–Kier alpha value is -1.81. The smallest absolute Gasteiger partial charge is 0.251 e. The van der Waals surface area contributed by atoms with E-state index >= 15 is 0 Å². The first-order valence-corrected chi connectivity index (χ1v) is 7.44. The molecule has 1 aliphatic carbocycles. The molecule has 0 radical (unpaired) electrons. The van der Waals surface area contributed by atoms with Gasteiger partial charge in [0.1, 0.15) is 0 Å². The van der Waals surface area contributed by atoms with Crippen molar-refractivity contribution in [2.45, 2.75) is 18.8 Å². The second-order valence-electron chi connectivity index (χ2n) is 5.84. The highest BCUT2D eigenvalue weighted by atomic mass is 16.1. The van der Waals surface area contributed by atoms with E-state index in [1.807, 2.05) is 0 Å². The van der Waals surface area contributed by atoms with E-state index in [0.29, 0.717) is 5.92 Å². The number of hydrogen-bond acceptors (Lipinski definition) is 3. The Labute approximate surface area is 117 Å². The quantitative estimate of drug-likeness (QED) is 0.874. The lowest BCUT2D eigenvalue weighted by atomic mass is 10.1. The zero-order valence-corrected chi connectivity index (χ0v) is 11.5. The Morgan fingerprint density at radius 1 is 1.10 bits per heavy atom. The normalized spacial score (nSPS) is 19.5. The van der Waals surface area contributed by atoms with Crippen LogP contribution in [0.25, 0.3) is 10.9 Å². The molecule has 0 unspecified atom stereocenters. The molecule has 0 spiro atoms. The highest BCUT2D eigenvalue weighted by molar-refractivity contribution is 5.83. The molecule has 2 heterocycles. The van der Waals surface area contributed by atoms with Crippen LogP contribution in [0.4, 0.5) is 5.69 Å². The van der Waals surface area contributed by atoms with E-state index in [4.69, 9.17) is 0 Å². The molecular weight excluding hydrogens is 250 g/mol. The Bertz CT molecular complexity index is 696. The van der Waals surface area contributed by atoms with Crippen molar-refractivity contribution in [3.63, 3.8) is 0 Å². The third kappa shape index (κ3) is 2.10. The Balaban J connectivity index is 1.75. The van der Waals surface area contributed by atoms with Crippen molar-refractivity contribution in [1.29, 1.82) is 0 Å². The summed E-state index contributed by atoms with van der Waals surface area (Å²) in [6, 6.07) is 8.49. The summed E-state index contributed by atoms with van der Waals surface area (Å²) in [5.74, 6) is 0.496. The molecule has 0 atom stereocenters. The van der Waals surface area contributed by atoms with Gasteiger partial charge in [0.2, 0.25) is 0 Å². The summed E-state index contributed by atoms with van der Waals surface area (Å²) >= 11 is 0. The lowest BCUT2D eigenvalue weighted by molar-refractivity contribution is 0.589. The third-order valence-corrected chi connectivity index (χ3v) is 4.36. The second kappa shape index (κ2) is 4.63. The SMILES string of the molecule is O=c1[nH]c2cc(N3CCNCC3)ccc2cc1C1CC1. The number of fused-ring (bicyclic) bond motifs is 1. The molecule has 2 aliphatic rings. The van der Waals surface area contributed by atoms with E-state index in [1.165, 1.54) is 5.69 Å². The third-order valence-electron chi connectivity index (χ3n) is 4.36. The first-order chi connectivity index (χ1) is 9.81. The number of piperazine rings is 1. The maximum Gasteiger partial charge on any atom is 0.251 e. The standard InChI is InChI=1S/C16H19N3O/c20-16-14(11-1-2-11)9-12-3-4-13(10-15(12)18-16)19-7-5-17-6-8-19/h3-4,9-11,17H,1-2,5-8H2,(H,18,20). The maximum atomic E-state index is 12.1. The number of nitrogens with one attached hydrogen (secondary N) is 2. The van der Waals surface area contributed by atoms with Crippen LogP contribution in [-0.4, -0.2) is 31.2 Å². The summed E-state index contributed by atoms with van der Waals surface area (Å²) in [6.07, 6.45) is 2.32. The summed E-state index contributed by atoms with van der Waals surface area (Å²) in [7, 11) is 0. The molecule has 1 saturated carbocycles. The molecule has 4 rings (SSSR count). The van der Waals surface area contributed by atoms with E-state index in [0.717, 1.165) is 55.5 Å². The number of benzene rings is 1. The second-order valence-corrected chi connectivity index (χ2v) is 5.84. The fourth-order valence-electron chi connectivity index (χ4n) is 3.02. The molecule has 1 aromatic heterocycles. The highest BCUT2D eigenvalue weighted by Crippen LogP contribution is 2.39. The van der Waals surface area contributed by atoms with E-state index < -0.39 is 0 Å². The van der Waals surface area contributed by atoms with Gasteiger partial charge in [0.25, 0.3) is 5.56 Å². The van der Waals surface area contributed by atoms with E-state index in [9.17, 15) is 4.79 Å². The molecule has 1 aromatic carbocycles. The van der Waals surface area contributed by atoms with Crippen molar-refractivity contribution < 1.29 is 0 Å². The van der Waals surface area contributed by atoms with Crippen molar-refractivity contribution in [2.24, 2.45) is 0 Å². The van der Waals surface area contributed by atoms with Crippen LogP contribution in [0.3, 0.4) is 0 Å². The Morgan fingerprint density at radius 3 is 2.65 bits per heavy atom. The molecule has 2 N–H and O–H groups in total. The number of H-pyrrole nitrogens is 1. The molecular formula is C16H19N3O. The van der Waals surface area contributed by atoms with Gasteiger partial charge < -0.3 is 15.2 Å². The van der Waals surface area contributed by atoms with Gasteiger partial charge in [0.05, 0.1) is 5.52 Å².